The molecular formula is C26H26Cl2N2O5S2. The Bertz CT molecular complexity index is 1440. The van der Waals surface area contributed by atoms with Crippen LogP contribution in [-0.2, 0) is 32.4 Å². The molecule has 0 fully saturated rings. The lowest BCUT2D eigenvalue weighted by atomic mass is 9.95. The molecule has 0 unspecified atom stereocenters. The topological polar surface area (TPSA) is 92.8 Å². The number of esters is 1. The number of amides is 1. The van der Waals surface area contributed by atoms with Crippen molar-refractivity contribution in [3.8, 4) is 0 Å². The highest BCUT2D eigenvalue weighted by atomic mass is 35.5. The molecule has 0 atom stereocenters. The molecule has 0 aliphatic heterocycles. The summed E-state index contributed by atoms with van der Waals surface area (Å²) in [5, 5.41) is 3.29. The van der Waals surface area contributed by atoms with E-state index in [1.807, 2.05) is 6.92 Å². The van der Waals surface area contributed by atoms with Crippen LogP contribution >= 0.6 is 34.5 Å². The van der Waals surface area contributed by atoms with Crippen molar-refractivity contribution in [3.63, 3.8) is 0 Å². The Morgan fingerprint density at radius 3 is 2.49 bits per heavy atom. The first-order valence-corrected chi connectivity index (χ1v) is 14.8. The lowest BCUT2D eigenvalue weighted by Crippen LogP contribution is -2.38. The van der Waals surface area contributed by atoms with Crippen molar-refractivity contribution in [3.05, 3.63) is 74.1 Å². The minimum Gasteiger partial charge on any atom is -0.462 e. The second-order valence-corrected chi connectivity index (χ2v) is 12.3. The van der Waals surface area contributed by atoms with Gasteiger partial charge in [0.1, 0.15) is 11.5 Å². The Labute approximate surface area is 230 Å². The first-order valence-electron chi connectivity index (χ1n) is 11.8. The van der Waals surface area contributed by atoms with Crippen LogP contribution in [0.15, 0.2) is 47.4 Å². The summed E-state index contributed by atoms with van der Waals surface area (Å²) >= 11 is 13.9. The van der Waals surface area contributed by atoms with E-state index < -0.39 is 28.4 Å². The van der Waals surface area contributed by atoms with E-state index in [4.69, 9.17) is 27.9 Å². The fraction of sp³-hybridized carbons (Fsp3) is 0.308. The minimum absolute atomic E-state index is 0.000687. The van der Waals surface area contributed by atoms with Gasteiger partial charge in [-0.05, 0) is 69.4 Å². The van der Waals surface area contributed by atoms with Crippen molar-refractivity contribution < 1.29 is 22.7 Å². The van der Waals surface area contributed by atoms with Gasteiger partial charge in [-0.3, -0.25) is 9.10 Å². The molecule has 4 rings (SSSR count). The Morgan fingerprint density at radius 2 is 1.78 bits per heavy atom. The third-order valence-corrected chi connectivity index (χ3v) is 9.79. The van der Waals surface area contributed by atoms with E-state index in [9.17, 15) is 18.0 Å². The molecule has 196 valence electrons. The Morgan fingerprint density at radius 1 is 1.08 bits per heavy atom. The molecule has 1 amide bonds. The van der Waals surface area contributed by atoms with Crippen LogP contribution in [0, 0.1) is 6.92 Å². The highest BCUT2D eigenvalue weighted by Gasteiger charge is 2.31. The summed E-state index contributed by atoms with van der Waals surface area (Å²) in [6, 6.07) is 10.9. The van der Waals surface area contributed by atoms with Gasteiger partial charge in [-0.1, -0.05) is 47.0 Å². The van der Waals surface area contributed by atoms with E-state index in [1.165, 1.54) is 35.6 Å². The van der Waals surface area contributed by atoms with E-state index in [0.717, 1.165) is 46.0 Å². The summed E-state index contributed by atoms with van der Waals surface area (Å²) in [5.74, 6) is -1.13. The normalized spacial score (nSPS) is 13.1. The van der Waals surface area contributed by atoms with E-state index >= 15 is 0 Å². The second-order valence-electron chi connectivity index (χ2n) is 8.58. The van der Waals surface area contributed by atoms with Crippen LogP contribution in [0.5, 0.6) is 0 Å². The highest BCUT2D eigenvalue weighted by Crippen LogP contribution is 2.39. The molecule has 0 bridgehead atoms. The van der Waals surface area contributed by atoms with Gasteiger partial charge in [-0.25, -0.2) is 13.2 Å². The molecule has 0 saturated heterocycles. The number of benzene rings is 2. The predicted octanol–water partition coefficient (Wildman–Crippen LogP) is 6.25. The number of hydrogen-bond acceptors (Lipinski definition) is 6. The summed E-state index contributed by atoms with van der Waals surface area (Å²) in [4.78, 5) is 27.1. The number of ether oxygens (including phenoxy) is 1. The number of hydrogen-bond donors (Lipinski definition) is 1. The Balaban J connectivity index is 1.71. The van der Waals surface area contributed by atoms with E-state index in [0.29, 0.717) is 10.6 Å². The maximum absolute atomic E-state index is 13.7. The Hall–Kier alpha value is -2.59. The average Bonchev–Trinajstić information content (AvgIpc) is 3.22. The molecule has 37 heavy (non-hydrogen) atoms. The van der Waals surface area contributed by atoms with Crippen molar-refractivity contribution in [2.45, 2.75) is 44.4 Å². The molecule has 7 nitrogen and oxygen atoms in total. The molecule has 11 heteroatoms. The van der Waals surface area contributed by atoms with Crippen LogP contribution in [0.25, 0.3) is 0 Å². The summed E-state index contributed by atoms with van der Waals surface area (Å²) in [6.45, 7) is 3.18. The largest absolute Gasteiger partial charge is 0.462 e. The number of carbonyl (C=O) groups is 2. The standard InChI is InChI=1S/C26H26Cl2N2O5S2/c1-3-35-26(32)23-18-7-4-5-10-21(18)36-25(23)29-22(31)15-30(20-9-6-8-19(27)24(20)28)37(33,34)17-13-11-16(2)12-14-17/h6,8-9,11-14H,3-5,7,10,15H2,1-2H3,(H,29,31). The first-order chi connectivity index (χ1) is 17.6. The number of anilines is 2. The van der Waals surface area contributed by atoms with Gasteiger partial charge in [-0.15, -0.1) is 11.3 Å². The Kier molecular flexibility index (Phi) is 8.48. The summed E-state index contributed by atoms with van der Waals surface area (Å²) < 4.78 is 33.6. The van der Waals surface area contributed by atoms with Crippen molar-refractivity contribution in [2.75, 3.05) is 22.8 Å². The fourth-order valence-electron chi connectivity index (χ4n) is 4.19. The van der Waals surface area contributed by atoms with Gasteiger partial charge in [0.15, 0.2) is 0 Å². The monoisotopic (exact) mass is 580 g/mol. The molecule has 2 aromatic carbocycles. The molecule has 0 saturated carbocycles. The van der Waals surface area contributed by atoms with Crippen LogP contribution in [0.3, 0.4) is 0 Å². The number of thiophene rings is 1. The number of aryl methyl sites for hydroxylation is 2. The lowest BCUT2D eigenvalue weighted by Gasteiger charge is -2.25. The van der Waals surface area contributed by atoms with E-state index in [-0.39, 0.29) is 27.2 Å². The number of fused-ring (bicyclic) bond motifs is 1. The third kappa shape index (κ3) is 5.80. The van der Waals surface area contributed by atoms with E-state index in [1.54, 1.807) is 25.1 Å². The highest BCUT2D eigenvalue weighted by molar-refractivity contribution is 7.92. The molecule has 1 heterocycles. The van der Waals surface area contributed by atoms with Gasteiger partial charge >= 0.3 is 5.97 Å². The fourth-order valence-corrected chi connectivity index (χ4v) is 7.37. The molecule has 1 aliphatic carbocycles. The molecule has 1 aliphatic rings. The molecule has 0 spiro atoms. The number of rotatable bonds is 8. The predicted molar refractivity (Wildman–Crippen MR) is 148 cm³/mol. The average molecular weight is 582 g/mol. The van der Waals surface area contributed by atoms with Gasteiger partial charge < -0.3 is 10.1 Å². The second kappa shape index (κ2) is 11.4. The third-order valence-electron chi connectivity index (χ3n) is 6.00. The molecule has 3 aromatic rings. The SMILES string of the molecule is CCOC(=O)c1c(NC(=O)CN(c2cccc(Cl)c2Cl)S(=O)(=O)c2ccc(C)cc2)sc2c1CCCC2. The molecule has 0 radical (unpaired) electrons. The smallest absolute Gasteiger partial charge is 0.341 e. The maximum atomic E-state index is 13.7. The number of halogens is 2. The first kappa shape index (κ1) is 27.4. The molecule has 1 N–H and O–H groups in total. The zero-order chi connectivity index (χ0) is 26.7. The van der Waals surface area contributed by atoms with Gasteiger partial charge in [0, 0.05) is 4.88 Å². The van der Waals surface area contributed by atoms with Crippen LogP contribution in [0.4, 0.5) is 10.7 Å². The quantitative estimate of drug-likeness (QED) is 0.318. The zero-order valence-corrected chi connectivity index (χ0v) is 23.5. The van der Waals surface area contributed by atoms with Crippen molar-refractivity contribution in [1.82, 2.24) is 0 Å². The van der Waals surface area contributed by atoms with Gasteiger partial charge in [0.2, 0.25) is 5.91 Å². The lowest BCUT2D eigenvalue weighted by molar-refractivity contribution is -0.114. The van der Waals surface area contributed by atoms with Gasteiger partial charge in [0.25, 0.3) is 10.0 Å². The van der Waals surface area contributed by atoms with E-state index in [2.05, 4.69) is 5.32 Å². The van der Waals surface area contributed by atoms with Crippen molar-refractivity contribution >= 4 is 67.1 Å². The number of nitrogens with one attached hydrogen (secondary N) is 1. The van der Waals surface area contributed by atoms with Crippen molar-refractivity contribution in [1.29, 1.82) is 0 Å². The van der Waals surface area contributed by atoms with Crippen LogP contribution in [-0.4, -0.2) is 33.4 Å². The minimum atomic E-state index is -4.19. The zero-order valence-electron chi connectivity index (χ0n) is 20.3. The van der Waals surface area contributed by atoms with Crippen LogP contribution in [0.1, 0.15) is 46.1 Å². The maximum Gasteiger partial charge on any atom is 0.341 e. The summed E-state index contributed by atoms with van der Waals surface area (Å²) in [7, 11) is -4.19. The number of nitrogens with zero attached hydrogens (tertiary/aromatic N) is 1. The van der Waals surface area contributed by atoms with Crippen molar-refractivity contribution in [2.24, 2.45) is 0 Å². The van der Waals surface area contributed by atoms with Gasteiger partial charge in [-0.2, -0.15) is 0 Å². The molecular weight excluding hydrogens is 555 g/mol. The number of sulfonamides is 1. The summed E-state index contributed by atoms with van der Waals surface area (Å²) in [5.41, 5.74) is 2.20. The summed E-state index contributed by atoms with van der Waals surface area (Å²) in [6.07, 6.45) is 3.48. The number of carbonyl (C=O) groups excluding carboxylic acids is 2. The van der Waals surface area contributed by atoms with Crippen LogP contribution in [0.2, 0.25) is 10.0 Å². The molecule has 1 aromatic heterocycles. The van der Waals surface area contributed by atoms with Crippen LogP contribution < -0.4 is 9.62 Å². The van der Waals surface area contributed by atoms with Gasteiger partial charge in [0.05, 0.1) is 32.8 Å².